The standard InChI is InChI=1S/C16H29N5O6S/c1-7(2)12(15(25)19-8(3)16(26)27)21-14(24)10(4-5-11(18)22)20-13(23)9(17)6-28/h7-10,12,28H,4-6,17H2,1-3H3,(H2,18,22)(H,19,25)(H,20,23)(H,21,24)(H,26,27). The molecule has 0 heterocycles. The lowest BCUT2D eigenvalue weighted by Crippen LogP contribution is -2.58. The molecule has 4 atom stereocenters. The average molecular weight is 420 g/mol. The first kappa shape index (κ1) is 25.7. The van der Waals surface area contributed by atoms with Crippen molar-refractivity contribution in [1.29, 1.82) is 0 Å². The zero-order chi connectivity index (χ0) is 22.0. The number of carbonyl (C=O) groups excluding carboxylic acids is 4. The molecule has 0 saturated carbocycles. The van der Waals surface area contributed by atoms with E-state index in [4.69, 9.17) is 16.6 Å². The Bertz CT molecular complexity index is 600. The number of nitrogens with one attached hydrogen (secondary N) is 3. The predicted molar refractivity (Wildman–Crippen MR) is 104 cm³/mol. The third-order valence-corrected chi connectivity index (χ3v) is 4.22. The van der Waals surface area contributed by atoms with Crippen molar-refractivity contribution in [3.05, 3.63) is 0 Å². The minimum Gasteiger partial charge on any atom is -0.480 e. The molecular weight excluding hydrogens is 390 g/mol. The van der Waals surface area contributed by atoms with Gasteiger partial charge < -0.3 is 32.5 Å². The second kappa shape index (κ2) is 12.2. The van der Waals surface area contributed by atoms with Crippen molar-refractivity contribution in [3.8, 4) is 0 Å². The van der Waals surface area contributed by atoms with E-state index in [0.717, 1.165) is 0 Å². The van der Waals surface area contributed by atoms with Crippen LogP contribution in [0.5, 0.6) is 0 Å². The smallest absolute Gasteiger partial charge is 0.325 e. The van der Waals surface area contributed by atoms with E-state index < -0.39 is 53.8 Å². The van der Waals surface area contributed by atoms with E-state index in [2.05, 4.69) is 28.6 Å². The molecule has 160 valence electrons. The summed E-state index contributed by atoms with van der Waals surface area (Å²) in [6, 6.07) is -4.32. The van der Waals surface area contributed by atoms with Crippen LogP contribution in [0.15, 0.2) is 0 Å². The topological polar surface area (TPSA) is 194 Å². The summed E-state index contributed by atoms with van der Waals surface area (Å²) in [4.78, 5) is 58.9. The van der Waals surface area contributed by atoms with Gasteiger partial charge in [0.1, 0.15) is 18.1 Å². The molecule has 0 aromatic carbocycles. The summed E-state index contributed by atoms with van der Waals surface area (Å²) in [5.41, 5.74) is 10.7. The second-order valence-corrected chi connectivity index (χ2v) is 7.02. The highest BCUT2D eigenvalue weighted by atomic mass is 32.1. The molecule has 4 unspecified atom stereocenters. The maximum absolute atomic E-state index is 12.6. The molecule has 28 heavy (non-hydrogen) atoms. The van der Waals surface area contributed by atoms with Gasteiger partial charge in [-0.1, -0.05) is 13.8 Å². The summed E-state index contributed by atoms with van der Waals surface area (Å²) in [5, 5.41) is 16.1. The Balaban J connectivity index is 5.28. The van der Waals surface area contributed by atoms with Gasteiger partial charge >= 0.3 is 5.97 Å². The summed E-state index contributed by atoms with van der Waals surface area (Å²) in [6.45, 7) is 4.60. The van der Waals surface area contributed by atoms with Crippen LogP contribution in [0.4, 0.5) is 0 Å². The Labute approximate surface area is 168 Å². The van der Waals surface area contributed by atoms with Crippen molar-refractivity contribution < 1.29 is 29.1 Å². The highest BCUT2D eigenvalue weighted by Crippen LogP contribution is 2.06. The molecule has 4 amide bonds. The van der Waals surface area contributed by atoms with Gasteiger partial charge in [0.15, 0.2) is 0 Å². The first-order valence-corrected chi connectivity index (χ1v) is 9.32. The maximum Gasteiger partial charge on any atom is 0.325 e. The van der Waals surface area contributed by atoms with E-state index in [1.165, 1.54) is 6.92 Å². The number of aliphatic carboxylic acids is 1. The molecule has 0 aromatic rings. The molecule has 0 aromatic heterocycles. The summed E-state index contributed by atoms with van der Waals surface area (Å²) in [5.74, 6) is -4.29. The summed E-state index contributed by atoms with van der Waals surface area (Å²) >= 11 is 3.91. The van der Waals surface area contributed by atoms with Crippen molar-refractivity contribution in [1.82, 2.24) is 16.0 Å². The number of hydrogen-bond donors (Lipinski definition) is 7. The van der Waals surface area contributed by atoms with Crippen LogP contribution in [0.25, 0.3) is 0 Å². The Morgan fingerprint density at radius 1 is 0.964 bits per heavy atom. The highest BCUT2D eigenvalue weighted by Gasteiger charge is 2.30. The fourth-order valence-corrected chi connectivity index (χ4v) is 2.24. The van der Waals surface area contributed by atoms with Crippen LogP contribution < -0.4 is 27.4 Å². The lowest BCUT2D eigenvalue weighted by atomic mass is 10.0. The maximum atomic E-state index is 12.6. The molecule has 0 radical (unpaired) electrons. The third kappa shape index (κ3) is 9.04. The molecule has 0 aliphatic carbocycles. The number of carbonyl (C=O) groups is 5. The van der Waals surface area contributed by atoms with Crippen molar-refractivity contribution in [2.75, 3.05) is 5.75 Å². The molecule has 0 saturated heterocycles. The summed E-state index contributed by atoms with van der Waals surface area (Å²) in [7, 11) is 0. The molecule has 0 spiro atoms. The highest BCUT2D eigenvalue weighted by molar-refractivity contribution is 7.80. The monoisotopic (exact) mass is 419 g/mol. The minimum absolute atomic E-state index is 0.0418. The van der Waals surface area contributed by atoms with Crippen LogP contribution in [-0.2, 0) is 24.0 Å². The molecular formula is C16H29N5O6S. The zero-order valence-corrected chi connectivity index (χ0v) is 17.0. The van der Waals surface area contributed by atoms with E-state index in [1.54, 1.807) is 13.8 Å². The van der Waals surface area contributed by atoms with Crippen LogP contribution in [0.2, 0.25) is 0 Å². The Morgan fingerprint density at radius 2 is 1.54 bits per heavy atom. The van der Waals surface area contributed by atoms with Gasteiger partial charge in [0, 0.05) is 12.2 Å². The van der Waals surface area contributed by atoms with Crippen LogP contribution in [0.3, 0.4) is 0 Å². The van der Waals surface area contributed by atoms with Crippen LogP contribution in [-0.4, -0.2) is 64.6 Å². The van der Waals surface area contributed by atoms with Gasteiger partial charge in [0.05, 0.1) is 6.04 Å². The van der Waals surface area contributed by atoms with Crippen molar-refractivity contribution in [2.45, 2.75) is 57.8 Å². The number of primary amides is 1. The van der Waals surface area contributed by atoms with Gasteiger partial charge in [-0.05, 0) is 19.3 Å². The van der Waals surface area contributed by atoms with E-state index in [-0.39, 0.29) is 24.5 Å². The summed E-state index contributed by atoms with van der Waals surface area (Å²) < 4.78 is 0. The molecule has 12 heteroatoms. The van der Waals surface area contributed by atoms with Gasteiger partial charge in [-0.15, -0.1) is 0 Å². The van der Waals surface area contributed by atoms with Crippen molar-refractivity contribution in [2.24, 2.45) is 17.4 Å². The lowest BCUT2D eigenvalue weighted by molar-refractivity contribution is -0.142. The van der Waals surface area contributed by atoms with Crippen LogP contribution >= 0.6 is 12.6 Å². The Hall–Kier alpha value is -2.34. The van der Waals surface area contributed by atoms with Gasteiger partial charge in [-0.2, -0.15) is 12.6 Å². The largest absolute Gasteiger partial charge is 0.480 e. The molecule has 0 fully saturated rings. The van der Waals surface area contributed by atoms with Gasteiger partial charge in [-0.3, -0.25) is 24.0 Å². The molecule has 8 N–H and O–H groups in total. The van der Waals surface area contributed by atoms with Crippen LogP contribution in [0.1, 0.15) is 33.6 Å². The Kier molecular flexibility index (Phi) is 11.2. The van der Waals surface area contributed by atoms with Crippen molar-refractivity contribution in [3.63, 3.8) is 0 Å². The lowest BCUT2D eigenvalue weighted by Gasteiger charge is -2.26. The molecule has 0 bridgehead atoms. The van der Waals surface area contributed by atoms with Gasteiger partial charge in [0.2, 0.25) is 23.6 Å². The Morgan fingerprint density at radius 3 is 1.96 bits per heavy atom. The molecule has 11 nitrogen and oxygen atoms in total. The van der Waals surface area contributed by atoms with Gasteiger partial charge in [0.25, 0.3) is 0 Å². The zero-order valence-electron chi connectivity index (χ0n) is 16.1. The third-order valence-electron chi connectivity index (χ3n) is 3.82. The predicted octanol–water partition coefficient (Wildman–Crippen LogP) is -2.28. The first-order chi connectivity index (χ1) is 12.9. The quantitative estimate of drug-likeness (QED) is 0.173. The second-order valence-electron chi connectivity index (χ2n) is 6.65. The normalized spacial score (nSPS) is 15.1. The number of amides is 4. The van der Waals surface area contributed by atoms with E-state index in [1.807, 2.05) is 0 Å². The number of thiol groups is 1. The van der Waals surface area contributed by atoms with E-state index in [0.29, 0.717) is 0 Å². The first-order valence-electron chi connectivity index (χ1n) is 8.69. The van der Waals surface area contributed by atoms with Crippen molar-refractivity contribution >= 4 is 42.2 Å². The average Bonchev–Trinajstić information content (AvgIpc) is 2.60. The molecule has 0 aliphatic rings. The number of rotatable bonds is 12. The SMILES string of the molecule is CC(NC(=O)C(NC(=O)C(CCC(N)=O)NC(=O)C(N)CS)C(C)C)C(=O)O. The number of hydrogen-bond acceptors (Lipinski definition) is 7. The fraction of sp³-hybridized carbons (Fsp3) is 0.688. The number of carboxylic acids is 1. The fourth-order valence-electron chi connectivity index (χ4n) is 2.07. The number of carboxylic acid groups (broad SMARTS) is 1. The molecule has 0 aliphatic heterocycles. The van der Waals surface area contributed by atoms with E-state index >= 15 is 0 Å². The van der Waals surface area contributed by atoms with Crippen LogP contribution in [0, 0.1) is 5.92 Å². The number of nitrogens with two attached hydrogens (primary N) is 2. The molecule has 0 rings (SSSR count). The van der Waals surface area contributed by atoms with Gasteiger partial charge in [-0.25, -0.2) is 0 Å². The summed E-state index contributed by atoms with van der Waals surface area (Å²) in [6.07, 6.45) is -0.271. The van der Waals surface area contributed by atoms with E-state index in [9.17, 15) is 24.0 Å². The minimum atomic E-state index is -1.23.